The molecule has 0 fully saturated rings. The van der Waals surface area contributed by atoms with Crippen molar-refractivity contribution in [3.8, 4) is 6.07 Å². The van der Waals surface area contributed by atoms with Crippen LogP contribution in [0.4, 0.5) is 0 Å². The van der Waals surface area contributed by atoms with Gasteiger partial charge in [0.1, 0.15) is 6.07 Å². The predicted molar refractivity (Wildman–Crippen MR) is 71.0 cm³/mol. The molecule has 0 aliphatic heterocycles. The number of rotatable bonds is 6. The van der Waals surface area contributed by atoms with E-state index in [2.05, 4.69) is 0 Å². The molecule has 1 aromatic rings. The van der Waals surface area contributed by atoms with E-state index in [1.165, 1.54) is 6.92 Å². The van der Waals surface area contributed by atoms with Crippen LogP contribution in [0, 0.1) is 16.7 Å². The molecule has 1 aromatic carbocycles. The van der Waals surface area contributed by atoms with Crippen molar-refractivity contribution in [3.05, 3.63) is 35.9 Å². The molecule has 1 rings (SSSR count). The van der Waals surface area contributed by atoms with Crippen LogP contribution in [0.3, 0.4) is 0 Å². The fraction of sp³-hybridized carbons (Fsp3) is 0.467. The topological polar surface area (TPSA) is 59.3 Å². The summed E-state index contributed by atoms with van der Waals surface area (Å²) in [5, 5.41) is 9.04. The Labute approximate surface area is 113 Å². The highest BCUT2D eigenvalue weighted by Crippen LogP contribution is 2.24. The number of carbonyl (C=O) groups is 1. The SMILES string of the molecule is CC(=O)OC(C#N)C(C)(C)COCc1ccccc1. The van der Waals surface area contributed by atoms with Gasteiger partial charge in [-0.3, -0.25) is 4.79 Å². The van der Waals surface area contributed by atoms with Crippen LogP contribution in [0.5, 0.6) is 0 Å². The van der Waals surface area contributed by atoms with Gasteiger partial charge in [0.25, 0.3) is 0 Å². The molecule has 0 aliphatic carbocycles. The van der Waals surface area contributed by atoms with Gasteiger partial charge in [0.05, 0.1) is 13.2 Å². The standard InChI is InChI=1S/C15H19NO3/c1-12(17)19-14(9-16)15(2,3)11-18-10-13-7-5-4-6-8-13/h4-8,14H,10-11H2,1-3H3. The number of ether oxygens (including phenoxy) is 2. The minimum absolute atomic E-state index is 0.341. The van der Waals surface area contributed by atoms with Crippen molar-refractivity contribution in [2.45, 2.75) is 33.5 Å². The quantitative estimate of drug-likeness (QED) is 0.739. The second-order valence-electron chi connectivity index (χ2n) is 5.09. The number of nitriles is 1. The first-order chi connectivity index (χ1) is 8.95. The minimum Gasteiger partial charge on any atom is -0.446 e. The fourth-order valence-corrected chi connectivity index (χ4v) is 1.61. The molecular weight excluding hydrogens is 242 g/mol. The van der Waals surface area contributed by atoms with Crippen molar-refractivity contribution in [3.63, 3.8) is 0 Å². The van der Waals surface area contributed by atoms with Crippen LogP contribution in [-0.2, 0) is 20.9 Å². The zero-order valence-electron chi connectivity index (χ0n) is 11.6. The molecule has 0 heterocycles. The Morgan fingerprint density at radius 3 is 2.53 bits per heavy atom. The second kappa shape index (κ2) is 6.91. The minimum atomic E-state index is -0.805. The molecular formula is C15H19NO3. The van der Waals surface area contributed by atoms with Gasteiger partial charge in [-0.25, -0.2) is 0 Å². The molecule has 0 spiro atoms. The van der Waals surface area contributed by atoms with Crippen molar-refractivity contribution in [2.75, 3.05) is 6.61 Å². The lowest BCUT2D eigenvalue weighted by atomic mass is 9.88. The van der Waals surface area contributed by atoms with Gasteiger partial charge in [0, 0.05) is 12.3 Å². The number of esters is 1. The van der Waals surface area contributed by atoms with Gasteiger partial charge in [-0.1, -0.05) is 44.2 Å². The number of nitrogens with zero attached hydrogens (tertiary/aromatic N) is 1. The van der Waals surface area contributed by atoms with Gasteiger partial charge >= 0.3 is 5.97 Å². The van der Waals surface area contributed by atoms with Crippen molar-refractivity contribution in [1.82, 2.24) is 0 Å². The third-order valence-corrected chi connectivity index (χ3v) is 2.70. The summed E-state index contributed by atoms with van der Waals surface area (Å²) in [4.78, 5) is 10.9. The molecule has 0 aromatic heterocycles. The summed E-state index contributed by atoms with van der Waals surface area (Å²) >= 11 is 0. The van der Waals surface area contributed by atoms with Crippen molar-refractivity contribution < 1.29 is 14.3 Å². The van der Waals surface area contributed by atoms with Crippen LogP contribution in [-0.4, -0.2) is 18.7 Å². The lowest BCUT2D eigenvalue weighted by Crippen LogP contribution is -2.36. The van der Waals surface area contributed by atoms with Crippen LogP contribution >= 0.6 is 0 Å². The summed E-state index contributed by atoms with van der Waals surface area (Å²) < 4.78 is 10.6. The summed E-state index contributed by atoms with van der Waals surface area (Å²) in [6, 6.07) is 11.8. The van der Waals surface area contributed by atoms with Crippen molar-refractivity contribution in [1.29, 1.82) is 5.26 Å². The predicted octanol–water partition coefficient (Wildman–Crippen LogP) is 2.68. The summed E-state index contributed by atoms with van der Waals surface area (Å²) in [6.07, 6.45) is -0.805. The van der Waals surface area contributed by atoms with Crippen LogP contribution in [0.15, 0.2) is 30.3 Å². The van der Waals surface area contributed by atoms with Gasteiger partial charge in [0.15, 0.2) is 6.10 Å². The summed E-state index contributed by atoms with van der Waals surface area (Å²) in [5.41, 5.74) is 0.522. The van der Waals surface area contributed by atoms with Crippen molar-refractivity contribution in [2.24, 2.45) is 5.41 Å². The third-order valence-electron chi connectivity index (χ3n) is 2.70. The highest BCUT2D eigenvalue weighted by Gasteiger charge is 2.32. The molecule has 0 amide bonds. The molecule has 0 aliphatic rings. The normalized spacial score (nSPS) is 12.5. The van der Waals surface area contributed by atoms with E-state index in [9.17, 15) is 4.79 Å². The van der Waals surface area contributed by atoms with E-state index in [1.54, 1.807) is 0 Å². The average Bonchev–Trinajstić information content (AvgIpc) is 2.36. The first-order valence-electron chi connectivity index (χ1n) is 6.14. The van der Waals surface area contributed by atoms with Crippen LogP contribution in [0.2, 0.25) is 0 Å². The Hall–Kier alpha value is -1.86. The Morgan fingerprint density at radius 1 is 1.37 bits per heavy atom. The average molecular weight is 261 g/mol. The third kappa shape index (κ3) is 5.11. The van der Waals surface area contributed by atoms with Crippen LogP contribution in [0.1, 0.15) is 26.3 Å². The fourth-order valence-electron chi connectivity index (χ4n) is 1.61. The van der Waals surface area contributed by atoms with E-state index in [4.69, 9.17) is 14.7 Å². The Kier molecular flexibility index (Phi) is 5.53. The van der Waals surface area contributed by atoms with Gasteiger partial charge < -0.3 is 9.47 Å². The lowest BCUT2D eigenvalue weighted by Gasteiger charge is -2.28. The smallest absolute Gasteiger partial charge is 0.303 e. The van der Waals surface area contributed by atoms with E-state index < -0.39 is 17.5 Å². The molecule has 19 heavy (non-hydrogen) atoms. The molecule has 0 saturated carbocycles. The number of carbonyl (C=O) groups excluding carboxylic acids is 1. The van der Waals surface area contributed by atoms with Gasteiger partial charge in [-0.15, -0.1) is 0 Å². The maximum Gasteiger partial charge on any atom is 0.303 e. The Bertz CT molecular complexity index is 448. The number of benzene rings is 1. The number of hydrogen-bond donors (Lipinski definition) is 0. The second-order valence-corrected chi connectivity index (χ2v) is 5.09. The first-order valence-corrected chi connectivity index (χ1v) is 6.14. The molecule has 102 valence electrons. The highest BCUT2D eigenvalue weighted by atomic mass is 16.5. The molecule has 4 nitrogen and oxygen atoms in total. The zero-order valence-corrected chi connectivity index (χ0v) is 11.6. The highest BCUT2D eigenvalue weighted by molar-refractivity contribution is 5.66. The van der Waals surface area contributed by atoms with Crippen molar-refractivity contribution >= 4 is 5.97 Å². The molecule has 1 atom stereocenters. The number of hydrogen-bond acceptors (Lipinski definition) is 4. The first kappa shape index (κ1) is 15.2. The van der Waals surface area contributed by atoms with E-state index in [-0.39, 0.29) is 0 Å². The molecule has 0 radical (unpaired) electrons. The van der Waals surface area contributed by atoms with Crippen LogP contribution < -0.4 is 0 Å². The van der Waals surface area contributed by atoms with E-state index in [0.29, 0.717) is 13.2 Å². The molecule has 1 unspecified atom stereocenters. The Morgan fingerprint density at radius 2 is 2.00 bits per heavy atom. The van der Waals surface area contributed by atoms with E-state index in [1.807, 2.05) is 50.2 Å². The summed E-state index contributed by atoms with van der Waals surface area (Å²) in [5.74, 6) is -0.456. The summed E-state index contributed by atoms with van der Waals surface area (Å²) in [6.45, 7) is 5.80. The molecule has 4 heteroatoms. The van der Waals surface area contributed by atoms with Gasteiger partial charge in [0.2, 0.25) is 0 Å². The van der Waals surface area contributed by atoms with Gasteiger partial charge in [-0.05, 0) is 5.56 Å². The molecule has 0 N–H and O–H groups in total. The molecule has 0 saturated heterocycles. The monoisotopic (exact) mass is 261 g/mol. The maximum atomic E-state index is 10.9. The van der Waals surface area contributed by atoms with Gasteiger partial charge in [-0.2, -0.15) is 5.26 Å². The van der Waals surface area contributed by atoms with E-state index in [0.717, 1.165) is 5.56 Å². The summed E-state index contributed by atoms with van der Waals surface area (Å²) in [7, 11) is 0. The van der Waals surface area contributed by atoms with E-state index >= 15 is 0 Å². The maximum absolute atomic E-state index is 10.9. The van der Waals surface area contributed by atoms with Crippen LogP contribution in [0.25, 0.3) is 0 Å². The largest absolute Gasteiger partial charge is 0.446 e. The lowest BCUT2D eigenvalue weighted by molar-refractivity contribution is -0.150. The molecule has 0 bridgehead atoms. The zero-order chi connectivity index (χ0) is 14.3. The Balaban J connectivity index is 2.50.